The molecule has 1 aliphatic heterocycles. The molecule has 0 aliphatic carbocycles. The lowest BCUT2D eigenvalue weighted by Crippen LogP contribution is -2.38. The van der Waals surface area contributed by atoms with E-state index in [1.807, 2.05) is 69.8 Å². The average Bonchev–Trinajstić information content (AvgIpc) is 3.03. The van der Waals surface area contributed by atoms with Crippen LogP contribution in [0.5, 0.6) is 0 Å². The van der Waals surface area contributed by atoms with Gasteiger partial charge in [-0.1, -0.05) is 43.3 Å². The number of alkyl carbamates (subject to hydrolysis) is 1. The van der Waals surface area contributed by atoms with Crippen molar-refractivity contribution in [3.63, 3.8) is 0 Å². The molecule has 0 spiro atoms. The predicted molar refractivity (Wildman–Crippen MR) is 116 cm³/mol. The SMILES string of the molecule is Cc1cc(C2=CSc3nnc([C@@H](NC(=O)OC(C)(C)C)C(C)C)n3N2)ccc1Cl. The molecular weight excluding hydrogens is 410 g/mol. The number of benzene rings is 1. The van der Waals surface area contributed by atoms with E-state index in [1.54, 1.807) is 0 Å². The molecule has 1 amide bonds. The van der Waals surface area contributed by atoms with Gasteiger partial charge in [0.25, 0.3) is 0 Å². The van der Waals surface area contributed by atoms with Crippen molar-refractivity contribution in [2.75, 3.05) is 5.43 Å². The maximum Gasteiger partial charge on any atom is 0.408 e. The Labute approximate surface area is 180 Å². The number of rotatable bonds is 4. The molecule has 1 atom stereocenters. The fourth-order valence-corrected chi connectivity index (χ4v) is 3.69. The zero-order chi connectivity index (χ0) is 21.3. The molecule has 2 heterocycles. The highest BCUT2D eigenvalue weighted by Crippen LogP contribution is 2.32. The Morgan fingerprint density at radius 1 is 1.31 bits per heavy atom. The number of hydrogen-bond donors (Lipinski definition) is 2. The zero-order valence-electron chi connectivity index (χ0n) is 17.4. The first kappa shape index (κ1) is 21.5. The van der Waals surface area contributed by atoms with E-state index < -0.39 is 11.7 Å². The molecule has 0 fully saturated rings. The fraction of sp³-hybridized carbons (Fsp3) is 0.450. The summed E-state index contributed by atoms with van der Waals surface area (Å²) in [5.74, 6) is 0.694. The predicted octanol–water partition coefficient (Wildman–Crippen LogP) is 5.11. The summed E-state index contributed by atoms with van der Waals surface area (Å²) in [6.07, 6.45) is -0.485. The normalized spacial score (nSPS) is 14.7. The molecule has 3 rings (SSSR count). The molecular formula is C20H26ClN5O2S. The molecule has 9 heteroatoms. The molecule has 0 saturated carbocycles. The molecule has 1 aromatic heterocycles. The van der Waals surface area contributed by atoms with Crippen molar-refractivity contribution in [1.82, 2.24) is 20.2 Å². The number of thioether (sulfide) groups is 1. The van der Waals surface area contributed by atoms with Crippen LogP contribution in [0.1, 0.15) is 57.6 Å². The first-order valence-electron chi connectivity index (χ1n) is 9.40. The summed E-state index contributed by atoms with van der Waals surface area (Å²) >= 11 is 7.63. The molecule has 0 unspecified atom stereocenters. The maximum absolute atomic E-state index is 12.4. The van der Waals surface area contributed by atoms with Gasteiger partial charge in [0, 0.05) is 16.0 Å². The number of fused-ring (bicyclic) bond motifs is 1. The molecule has 29 heavy (non-hydrogen) atoms. The Hall–Kier alpha value is -2.19. The number of aromatic nitrogens is 3. The lowest BCUT2D eigenvalue weighted by Gasteiger charge is -2.27. The third-order valence-corrected chi connectivity index (χ3v) is 5.51. The monoisotopic (exact) mass is 435 g/mol. The number of halogens is 1. The molecule has 156 valence electrons. The maximum atomic E-state index is 12.4. The van der Waals surface area contributed by atoms with Crippen LogP contribution in [-0.2, 0) is 4.74 Å². The number of ether oxygens (including phenoxy) is 1. The Morgan fingerprint density at radius 3 is 2.66 bits per heavy atom. The standard InChI is InChI=1S/C20H26ClN5O2S/c1-11(2)16(22-19(27)28-20(4,5)6)17-23-24-18-26(17)25-15(10-29-18)13-7-8-14(21)12(3)9-13/h7-11,16,25H,1-6H3,(H,22,27)/t16-/m0/s1. The first-order valence-corrected chi connectivity index (χ1v) is 10.7. The topological polar surface area (TPSA) is 81.1 Å². The van der Waals surface area contributed by atoms with Crippen molar-refractivity contribution in [1.29, 1.82) is 0 Å². The minimum Gasteiger partial charge on any atom is -0.444 e. The van der Waals surface area contributed by atoms with Crippen molar-refractivity contribution in [3.8, 4) is 0 Å². The van der Waals surface area contributed by atoms with Gasteiger partial charge in [0.15, 0.2) is 5.82 Å². The summed E-state index contributed by atoms with van der Waals surface area (Å²) < 4.78 is 7.23. The van der Waals surface area contributed by atoms with Gasteiger partial charge in [-0.25, -0.2) is 9.47 Å². The van der Waals surface area contributed by atoms with Crippen molar-refractivity contribution < 1.29 is 9.53 Å². The van der Waals surface area contributed by atoms with Crippen LogP contribution in [0.15, 0.2) is 28.8 Å². The molecule has 0 bridgehead atoms. The average molecular weight is 436 g/mol. The molecule has 0 radical (unpaired) electrons. The molecule has 2 N–H and O–H groups in total. The van der Waals surface area contributed by atoms with Crippen molar-refractivity contribution >= 4 is 35.2 Å². The van der Waals surface area contributed by atoms with Gasteiger partial charge in [0.1, 0.15) is 5.60 Å². The van der Waals surface area contributed by atoms with Crippen LogP contribution >= 0.6 is 23.4 Å². The number of nitrogens with zero attached hydrogens (tertiary/aromatic N) is 3. The Kier molecular flexibility index (Phi) is 6.14. The van der Waals surface area contributed by atoms with E-state index in [9.17, 15) is 4.79 Å². The second kappa shape index (κ2) is 8.28. The van der Waals surface area contributed by atoms with Gasteiger partial charge in [0.2, 0.25) is 5.16 Å². The van der Waals surface area contributed by atoms with Gasteiger partial charge in [-0.05, 0) is 51.3 Å². The minimum absolute atomic E-state index is 0.0785. The molecule has 7 nitrogen and oxygen atoms in total. The largest absolute Gasteiger partial charge is 0.444 e. The lowest BCUT2D eigenvalue weighted by atomic mass is 10.0. The van der Waals surface area contributed by atoms with Crippen molar-refractivity contribution in [2.45, 2.75) is 58.3 Å². The highest BCUT2D eigenvalue weighted by molar-refractivity contribution is 8.02. The van der Waals surface area contributed by atoms with Gasteiger partial charge in [-0.3, -0.25) is 5.43 Å². The Balaban J connectivity index is 1.85. The lowest BCUT2D eigenvalue weighted by molar-refractivity contribution is 0.0485. The number of nitrogens with one attached hydrogen (secondary N) is 2. The van der Waals surface area contributed by atoms with E-state index in [2.05, 4.69) is 20.9 Å². The molecule has 1 aromatic carbocycles. The van der Waals surface area contributed by atoms with Crippen LogP contribution in [0.3, 0.4) is 0 Å². The third-order valence-electron chi connectivity index (χ3n) is 4.26. The third kappa shape index (κ3) is 5.05. The van der Waals surface area contributed by atoms with Crippen molar-refractivity contribution in [3.05, 3.63) is 45.6 Å². The summed E-state index contributed by atoms with van der Waals surface area (Å²) in [7, 11) is 0. The summed E-state index contributed by atoms with van der Waals surface area (Å²) in [5.41, 5.74) is 5.69. The van der Waals surface area contributed by atoms with E-state index >= 15 is 0 Å². The summed E-state index contributed by atoms with van der Waals surface area (Å²) in [6, 6.07) is 5.49. The number of amides is 1. The second-order valence-electron chi connectivity index (χ2n) is 8.27. The summed E-state index contributed by atoms with van der Waals surface area (Å²) in [5, 5.41) is 14.9. The summed E-state index contributed by atoms with van der Waals surface area (Å²) in [6.45, 7) is 11.5. The smallest absolute Gasteiger partial charge is 0.408 e. The van der Waals surface area contributed by atoms with Gasteiger partial charge >= 0.3 is 6.09 Å². The van der Waals surface area contributed by atoms with Gasteiger partial charge in [0.05, 0.1) is 11.7 Å². The highest BCUT2D eigenvalue weighted by Gasteiger charge is 2.29. The van der Waals surface area contributed by atoms with E-state index in [1.165, 1.54) is 11.8 Å². The fourth-order valence-electron chi connectivity index (χ4n) is 2.83. The van der Waals surface area contributed by atoms with E-state index in [0.717, 1.165) is 21.8 Å². The highest BCUT2D eigenvalue weighted by atomic mass is 35.5. The Morgan fingerprint density at radius 2 is 2.03 bits per heavy atom. The van der Waals surface area contributed by atoms with Crippen LogP contribution in [0, 0.1) is 12.8 Å². The number of carbonyl (C=O) groups is 1. The second-order valence-corrected chi connectivity index (χ2v) is 9.51. The van der Waals surface area contributed by atoms with Gasteiger partial charge in [-0.2, -0.15) is 0 Å². The van der Waals surface area contributed by atoms with E-state index in [-0.39, 0.29) is 12.0 Å². The van der Waals surface area contributed by atoms with Gasteiger partial charge in [-0.15, -0.1) is 10.2 Å². The van der Waals surface area contributed by atoms with E-state index in [0.29, 0.717) is 11.0 Å². The van der Waals surface area contributed by atoms with Crippen LogP contribution in [-0.4, -0.2) is 26.6 Å². The van der Waals surface area contributed by atoms with Crippen molar-refractivity contribution in [2.24, 2.45) is 5.92 Å². The van der Waals surface area contributed by atoms with Crippen LogP contribution in [0.2, 0.25) is 5.02 Å². The zero-order valence-corrected chi connectivity index (χ0v) is 19.0. The number of aryl methyl sites for hydroxylation is 1. The van der Waals surface area contributed by atoms with E-state index in [4.69, 9.17) is 16.3 Å². The first-order chi connectivity index (χ1) is 13.5. The number of hydrogen-bond acceptors (Lipinski definition) is 6. The van der Waals surface area contributed by atoms with Crippen LogP contribution < -0.4 is 10.7 Å². The molecule has 0 saturated heterocycles. The van der Waals surface area contributed by atoms with Gasteiger partial charge < -0.3 is 10.1 Å². The van der Waals surface area contributed by atoms with Crippen LogP contribution in [0.4, 0.5) is 4.79 Å². The van der Waals surface area contributed by atoms with Crippen LogP contribution in [0.25, 0.3) is 5.70 Å². The number of carbonyl (C=O) groups excluding carboxylic acids is 1. The summed E-state index contributed by atoms with van der Waals surface area (Å²) in [4.78, 5) is 12.4. The molecule has 1 aliphatic rings. The quantitative estimate of drug-likeness (QED) is 0.694. The molecule has 2 aromatic rings. The minimum atomic E-state index is -0.577. The Bertz CT molecular complexity index is 949.